The highest BCUT2D eigenvalue weighted by Gasteiger charge is 2.04. The average molecular weight is 230 g/mol. The molecule has 0 atom stereocenters. The fraction of sp³-hybridized carbons (Fsp3) is 0.154. The molecule has 1 aromatic heterocycles. The minimum absolute atomic E-state index is 0.527. The quantitative estimate of drug-likeness (QED) is 0.501. The van der Waals surface area contributed by atoms with Crippen molar-refractivity contribution in [2.45, 2.75) is 0 Å². The molecular weight excluding hydrogens is 216 g/mol. The summed E-state index contributed by atoms with van der Waals surface area (Å²) in [6.07, 6.45) is 1.26. The van der Waals surface area contributed by atoms with Gasteiger partial charge in [-0.25, -0.2) is 0 Å². The van der Waals surface area contributed by atoms with Crippen molar-refractivity contribution in [2.24, 2.45) is 5.16 Å². The first-order chi connectivity index (χ1) is 8.20. The molecule has 1 N–H and O–H groups in total. The van der Waals surface area contributed by atoms with Gasteiger partial charge in [0.1, 0.15) is 17.7 Å². The molecule has 0 saturated carbocycles. The first-order valence-electron chi connectivity index (χ1n) is 5.26. The van der Waals surface area contributed by atoms with Gasteiger partial charge in [-0.15, -0.1) is 0 Å². The van der Waals surface area contributed by atoms with E-state index in [9.17, 15) is 0 Å². The van der Waals surface area contributed by atoms with Gasteiger partial charge < -0.3 is 14.5 Å². The number of oxime groups is 1. The Morgan fingerprint density at radius 1 is 1.12 bits per heavy atom. The van der Waals surface area contributed by atoms with Crippen LogP contribution in [0, 0.1) is 0 Å². The Kier molecular flexibility index (Phi) is 3.14. The Morgan fingerprint density at radius 3 is 2.41 bits per heavy atom. The van der Waals surface area contributed by atoms with E-state index in [1.807, 2.05) is 49.3 Å². The van der Waals surface area contributed by atoms with Gasteiger partial charge >= 0.3 is 0 Å². The number of hydrogen-bond donors (Lipinski definition) is 1. The summed E-state index contributed by atoms with van der Waals surface area (Å²) in [5.41, 5.74) is 2.13. The largest absolute Gasteiger partial charge is 0.455 e. The molecule has 1 heterocycles. The van der Waals surface area contributed by atoms with Crippen molar-refractivity contribution < 1.29 is 9.62 Å². The van der Waals surface area contributed by atoms with E-state index in [1.54, 1.807) is 6.07 Å². The summed E-state index contributed by atoms with van der Waals surface area (Å²) in [4.78, 5) is 2.04. The summed E-state index contributed by atoms with van der Waals surface area (Å²) in [5, 5.41) is 11.3. The molecule has 0 aliphatic carbocycles. The zero-order chi connectivity index (χ0) is 12.3. The molecule has 0 aliphatic heterocycles. The molecular formula is C13H14N2O2. The lowest BCUT2D eigenvalue weighted by Gasteiger charge is -2.11. The summed E-state index contributed by atoms with van der Waals surface area (Å²) in [7, 11) is 4.00. The van der Waals surface area contributed by atoms with Gasteiger partial charge in [-0.2, -0.15) is 0 Å². The second kappa shape index (κ2) is 4.74. The van der Waals surface area contributed by atoms with Crippen LogP contribution in [0.4, 0.5) is 5.69 Å². The molecule has 1 aromatic carbocycles. The van der Waals surface area contributed by atoms with E-state index in [-0.39, 0.29) is 0 Å². The highest BCUT2D eigenvalue weighted by molar-refractivity contribution is 5.77. The van der Waals surface area contributed by atoms with Crippen molar-refractivity contribution in [3.8, 4) is 11.3 Å². The van der Waals surface area contributed by atoms with Gasteiger partial charge in [0, 0.05) is 25.3 Å². The second-order valence-electron chi connectivity index (χ2n) is 3.89. The van der Waals surface area contributed by atoms with Crippen LogP contribution in [0.2, 0.25) is 0 Å². The van der Waals surface area contributed by atoms with Crippen molar-refractivity contribution in [1.82, 2.24) is 0 Å². The topological polar surface area (TPSA) is 49.0 Å². The van der Waals surface area contributed by atoms with Crippen LogP contribution < -0.4 is 4.90 Å². The SMILES string of the molecule is CN(C)c1ccc(-c2ccc(/C=N/O)o2)cc1. The average Bonchev–Trinajstić information content (AvgIpc) is 2.78. The number of nitrogens with zero attached hydrogens (tertiary/aromatic N) is 2. The van der Waals surface area contributed by atoms with Crippen LogP contribution in [0.25, 0.3) is 11.3 Å². The molecule has 0 fully saturated rings. The molecule has 0 amide bonds. The Morgan fingerprint density at radius 2 is 1.82 bits per heavy atom. The highest BCUT2D eigenvalue weighted by atomic mass is 16.4. The maximum absolute atomic E-state index is 8.40. The molecule has 17 heavy (non-hydrogen) atoms. The van der Waals surface area contributed by atoms with Crippen LogP contribution in [0.3, 0.4) is 0 Å². The first-order valence-corrected chi connectivity index (χ1v) is 5.26. The second-order valence-corrected chi connectivity index (χ2v) is 3.89. The third kappa shape index (κ3) is 2.47. The fourth-order valence-electron chi connectivity index (χ4n) is 1.56. The van der Waals surface area contributed by atoms with Gasteiger partial charge in [0.2, 0.25) is 0 Å². The minimum atomic E-state index is 0.527. The number of furan rings is 1. The Hall–Kier alpha value is -2.23. The molecule has 0 unspecified atom stereocenters. The van der Waals surface area contributed by atoms with Crippen molar-refractivity contribution in [2.75, 3.05) is 19.0 Å². The van der Waals surface area contributed by atoms with Gasteiger partial charge in [0.05, 0.1) is 0 Å². The van der Waals surface area contributed by atoms with E-state index in [2.05, 4.69) is 5.16 Å². The summed E-state index contributed by atoms with van der Waals surface area (Å²) in [6.45, 7) is 0. The lowest BCUT2D eigenvalue weighted by atomic mass is 10.1. The third-order valence-electron chi connectivity index (χ3n) is 2.48. The molecule has 2 aromatic rings. The monoisotopic (exact) mass is 230 g/mol. The van der Waals surface area contributed by atoms with E-state index < -0.39 is 0 Å². The molecule has 4 nitrogen and oxygen atoms in total. The number of rotatable bonds is 3. The maximum atomic E-state index is 8.40. The molecule has 0 aliphatic rings. The van der Waals surface area contributed by atoms with Crippen LogP contribution in [0.5, 0.6) is 0 Å². The molecule has 0 bridgehead atoms. The van der Waals surface area contributed by atoms with Gasteiger partial charge in [-0.3, -0.25) is 0 Å². The minimum Gasteiger partial charge on any atom is -0.455 e. The summed E-state index contributed by atoms with van der Waals surface area (Å²) >= 11 is 0. The zero-order valence-electron chi connectivity index (χ0n) is 9.79. The zero-order valence-corrected chi connectivity index (χ0v) is 9.79. The lowest BCUT2D eigenvalue weighted by Crippen LogP contribution is -2.07. The maximum Gasteiger partial charge on any atom is 0.149 e. The predicted molar refractivity (Wildman–Crippen MR) is 67.9 cm³/mol. The van der Waals surface area contributed by atoms with Crippen LogP contribution in [0.1, 0.15) is 5.76 Å². The van der Waals surface area contributed by atoms with E-state index in [4.69, 9.17) is 9.62 Å². The van der Waals surface area contributed by atoms with Gasteiger partial charge in [-0.05, 0) is 36.4 Å². The van der Waals surface area contributed by atoms with Gasteiger partial charge in [0.25, 0.3) is 0 Å². The Balaban J connectivity index is 2.26. The summed E-state index contributed by atoms with van der Waals surface area (Å²) < 4.78 is 5.49. The number of hydrogen-bond acceptors (Lipinski definition) is 4. The van der Waals surface area contributed by atoms with Gasteiger partial charge in [-0.1, -0.05) is 5.16 Å². The fourth-order valence-corrected chi connectivity index (χ4v) is 1.56. The lowest BCUT2D eigenvalue weighted by molar-refractivity contribution is 0.321. The normalized spacial score (nSPS) is 10.9. The molecule has 4 heteroatoms. The van der Waals surface area contributed by atoms with Crippen molar-refractivity contribution >= 4 is 11.9 Å². The predicted octanol–water partition coefficient (Wildman–Crippen LogP) is 2.82. The van der Waals surface area contributed by atoms with Crippen LogP contribution in [0.15, 0.2) is 46.0 Å². The smallest absolute Gasteiger partial charge is 0.149 e. The number of anilines is 1. The molecule has 2 rings (SSSR count). The van der Waals surface area contributed by atoms with Crippen molar-refractivity contribution in [3.63, 3.8) is 0 Å². The standard InChI is InChI=1S/C13H14N2O2/c1-15(2)11-5-3-10(4-6-11)13-8-7-12(17-13)9-14-16/h3-9,16H,1-2H3/b14-9+. The van der Waals surface area contributed by atoms with Gasteiger partial charge in [0.15, 0.2) is 0 Å². The molecule has 0 spiro atoms. The van der Waals surface area contributed by atoms with Crippen molar-refractivity contribution in [3.05, 3.63) is 42.2 Å². The Labute approximate surface area is 99.8 Å². The summed E-state index contributed by atoms with van der Waals surface area (Å²) in [5.74, 6) is 1.28. The third-order valence-corrected chi connectivity index (χ3v) is 2.48. The molecule has 0 radical (unpaired) electrons. The van der Waals surface area contributed by atoms with E-state index >= 15 is 0 Å². The molecule has 0 saturated heterocycles. The van der Waals surface area contributed by atoms with Crippen LogP contribution in [-0.2, 0) is 0 Å². The van der Waals surface area contributed by atoms with E-state index in [0.717, 1.165) is 17.0 Å². The highest BCUT2D eigenvalue weighted by Crippen LogP contribution is 2.23. The first kappa shape index (κ1) is 11.3. The summed E-state index contributed by atoms with van der Waals surface area (Å²) in [6, 6.07) is 11.6. The van der Waals surface area contributed by atoms with Crippen molar-refractivity contribution in [1.29, 1.82) is 0 Å². The van der Waals surface area contributed by atoms with E-state index in [0.29, 0.717) is 5.76 Å². The Bertz CT molecular complexity index is 512. The van der Waals surface area contributed by atoms with Crippen LogP contribution >= 0.6 is 0 Å². The molecule has 88 valence electrons. The van der Waals surface area contributed by atoms with Crippen LogP contribution in [-0.4, -0.2) is 25.5 Å². The number of benzene rings is 1. The van der Waals surface area contributed by atoms with E-state index in [1.165, 1.54) is 6.21 Å².